The molecule has 26 heteroatoms. The predicted octanol–water partition coefficient (Wildman–Crippen LogP) is 22.4. The van der Waals surface area contributed by atoms with E-state index in [1.807, 2.05) is 105 Å². The van der Waals surface area contributed by atoms with Gasteiger partial charge >= 0.3 is 0 Å². The minimum Gasteiger partial charge on any atom is -0.388 e. The topological polar surface area (TPSA) is 363 Å². The smallest absolute Gasteiger partial charge is 0.163 e. The fourth-order valence-corrected chi connectivity index (χ4v) is 21.1. The van der Waals surface area contributed by atoms with Crippen LogP contribution in [0.1, 0.15) is 164 Å². The summed E-state index contributed by atoms with van der Waals surface area (Å²) in [5.74, 6) is 1.65. The molecular formula is C113H103N21O5. The van der Waals surface area contributed by atoms with Crippen molar-refractivity contribution in [2.45, 2.75) is 121 Å². The molecule has 9 N–H and O–H groups in total. The van der Waals surface area contributed by atoms with Crippen LogP contribution in [0.2, 0.25) is 0 Å². The number of ketones is 2. The molecule has 7 aliphatic rings. The molecule has 0 bridgehead atoms. The molecule has 0 spiro atoms. The highest BCUT2D eigenvalue weighted by Crippen LogP contribution is 2.44. The van der Waals surface area contributed by atoms with Gasteiger partial charge in [0.25, 0.3) is 0 Å². The molecule has 0 aliphatic heterocycles. The molecule has 21 aromatic rings. The van der Waals surface area contributed by atoms with Crippen molar-refractivity contribution in [1.29, 1.82) is 0 Å². The number of aryl methyl sites for hydroxylation is 7. The second-order valence-corrected chi connectivity index (χ2v) is 36.1. The number of aromatic amines is 7. The number of aliphatic hydroxyl groups is 1. The highest BCUT2D eigenvalue weighted by atomic mass is 16.5. The van der Waals surface area contributed by atoms with Crippen LogP contribution in [-0.4, -0.2) is 152 Å². The molecule has 0 radical (unpaired) electrons. The van der Waals surface area contributed by atoms with Crippen LogP contribution < -0.4 is 5.32 Å². The maximum Gasteiger partial charge on any atom is 0.163 e. The Hall–Kier alpha value is -16.1. The van der Waals surface area contributed by atoms with Crippen molar-refractivity contribution >= 4 is 94.4 Å². The summed E-state index contributed by atoms with van der Waals surface area (Å²) in [5, 5.41) is 62.3. The summed E-state index contributed by atoms with van der Waals surface area (Å²) < 4.78 is 10.9. The number of Topliss-reactive ketones (excluding diaryl/α,β-unsaturated/α-hetero) is 2. The molecule has 139 heavy (non-hydrogen) atoms. The van der Waals surface area contributed by atoms with Crippen molar-refractivity contribution < 1.29 is 24.2 Å². The summed E-state index contributed by atoms with van der Waals surface area (Å²) in [7, 11) is 5.59. The van der Waals surface area contributed by atoms with Gasteiger partial charge in [0.05, 0.1) is 56.0 Å². The maximum atomic E-state index is 11.8. The number of aromatic nitrogens is 20. The number of hydrogen-bond donors (Lipinski definition) is 9. The highest BCUT2D eigenvalue weighted by molar-refractivity contribution is 6.04. The molecule has 690 valence electrons. The van der Waals surface area contributed by atoms with E-state index in [1.165, 1.54) is 119 Å². The van der Waals surface area contributed by atoms with Gasteiger partial charge in [0, 0.05) is 138 Å². The van der Waals surface area contributed by atoms with Gasteiger partial charge < -0.3 is 24.9 Å². The first-order valence-electron chi connectivity index (χ1n) is 47.0. The van der Waals surface area contributed by atoms with Crippen LogP contribution in [0.3, 0.4) is 0 Å². The Morgan fingerprint density at radius 3 is 1.17 bits per heavy atom. The molecular weight excluding hydrogens is 1730 g/mol. The van der Waals surface area contributed by atoms with Crippen LogP contribution in [0, 0.1) is 0 Å². The zero-order chi connectivity index (χ0) is 93.3. The minimum atomic E-state index is -0.296. The van der Waals surface area contributed by atoms with Crippen molar-refractivity contribution in [3.8, 4) is 77.9 Å². The first-order valence-corrected chi connectivity index (χ1v) is 47.0. The van der Waals surface area contributed by atoms with E-state index in [1.54, 1.807) is 51.4 Å². The molecule has 0 saturated carbocycles. The summed E-state index contributed by atoms with van der Waals surface area (Å²) >= 11 is 0. The lowest BCUT2D eigenvalue weighted by atomic mass is 9.95. The highest BCUT2D eigenvalue weighted by Gasteiger charge is 2.29. The lowest BCUT2D eigenvalue weighted by molar-refractivity contribution is 0.0986. The number of ether oxygens (including phenoxy) is 2. The van der Waals surface area contributed by atoms with Gasteiger partial charge in [0.1, 0.15) is 5.65 Å². The number of carbonyl (C=O) groups is 2. The summed E-state index contributed by atoms with van der Waals surface area (Å²) in [6.07, 6.45) is 39.4. The third kappa shape index (κ3) is 17.8. The van der Waals surface area contributed by atoms with Gasteiger partial charge in [-0.3, -0.25) is 40.2 Å². The van der Waals surface area contributed by atoms with Crippen molar-refractivity contribution in [3.63, 3.8) is 0 Å². The van der Waals surface area contributed by atoms with Crippen LogP contribution in [0.5, 0.6) is 0 Å². The summed E-state index contributed by atoms with van der Waals surface area (Å²) in [4.78, 5) is 56.6. The maximum absolute atomic E-state index is 11.8. The van der Waals surface area contributed by atoms with E-state index in [9.17, 15) is 14.7 Å². The van der Waals surface area contributed by atoms with Gasteiger partial charge in [0.2, 0.25) is 0 Å². The van der Waals surface area contributed by atoms with Crippen molar-refractivity contribution in [2.24, 2.45) is 0 Å². The van der Waals surface area contributed by atoms with Crippen LogP contribution >= 0.6 is 0 Å². The van der Waals surface area contributed by atoms with E-state index in [0.29, 0.717) is 24.7 Å². The van der Waals surface area contributed by atoms with Crippen LogP contribution in [0.25, 0.3) is 161 Å². The molecule has 4 unspecified atom stereocenters. The average Bonchev–Trinajstić information content (AvgIpc) is 1.68. The lowest BCUT2D eigenvalue weighted by Crippen LogP contribution is -2.15. The first kappa shape index (κ1) is 89.4. The van der Waals surface area contributed by atoms with Crippen molar-refractivity contribution in [3.05, 3.63) is 347 Å². The van der Waals surface area contributed by atoms with Crippen molar-refractivity contribution in [2.75, 3.05) is 34.4 Å². The normalized spacial score (nSPS) is 15.9. The largest absolute Gasteiger partial charge is 0.388 e. The summed E-state index contributed by atoms with van der Waals surface area (Å²) in [6, 6.07) is 61.7. The van der Waals surface area contributed by atoms with Gasteiger partial charge in [0.15, 0.2) is 45.4 Å². The standard InChI is InChI=1S/C17H18N4.C17H17N3O.C17H14N2.C16H15N3O.C15H13N3O.2C15H11N3O.CH4/c1-18-9-13-5-3-11-2-4-12(8-15(11)13)14-6-7-19-17-16(14)10-20-21-17;1-21-10-13-5-3-11-2-4-12(8-15(11)13)14-6-7-18-17-16(14)9-19-20-17;1-11-2-3-12-4-5-13(10-16(11)12)14-6-8-18-17-15(14)7-9-19-17;1-20-15-5-4-10-2-3-11(8-13(10)15)12-6-7-17-16-14(12)9-18-19-16;2*19-14-4-2-10-7-9(1-3-12(10)14)11-5-6-16-15-13(11)8-17-18-15;19-14-4-3-9-1-2-10(7-12(9)14)11-5-6-16-15-13(11)8-17-18-15;/h2,4,6-8,10,13,18H,3,5,9H2,1H3,(H,19,20,21);2,4,6-9,13H,3,5,10H2,1H3,(H,18,19,20);4-10H,1-3H2,(H,18,19);2-3,6-9,15H,4-5H2,1H3,(H,17,18,19);1,3,5-8,14,19H,2,4H2,(H,16,17,18);1,3,5-8H,2,4H2,(H,16,17,18);1-2,5-8H,3-4H2,(H,16,17,18);1H4. The van der Waals surface area contributed by atoms with Gasteiger partial charge in [-0.1, -0.05) is 123 Å². The van der Waals surface area contributed by atoms with E-state index in [4.69, 9.17) is 9.47 Å². The number of rotatable bonds is 12. The Morgan fingerprint density at radius 1 is 0.331 bits per heavy atom. The molecule has 14 heterocycles. The summed E-state index contributed by atoms with van der Waals surface area (Å²) in [6.45, 7) is 6.01. The number of aliphatic hydroxyl groups excluding tert-OH is 1. The Balaban J connectivity index is 0.0000000964. The number of carbonyl (C=O) groups excluding carboxylic acids is 2. The average molecular weight is 1840 g/mol. The molecule has 26 nitrogen and oxygen atoms in total. The predicted molar refractivity (Wildman–Crippen MR) is 546 cm³/mol. The number of hydrogen-bond acceptors (Lipinski definition) is 19. The number of H-pyrrole nitrogens is 7. The molecule has 7 aliphatic carbocycles. The van der Waals surface area contributed by atoms with Crippen LogP contribution in [0.15, 0.2) is 269 Å². The zero-order valence-corrected chi connectivity index (χ0v) is 76.6. The third-order valence-electron chi connectivity index (χ3n) is 28.2. The minimum absolute atomic E-state index is 0. The van der Waals surface area contributed by atoms with E-state index in [0.717, 1.165) is 210 Å². The Labute approximate surface area is 800 Å². The van der Waals surface area contributed by atoms with Gasteiger partial charge in [-0.15, -0.1) is 0 Å². The zero-order valence-electron chi connectivity index (χ0n) is 76.6. The fourth-order valence-electron chi connectivity index (χ4n) is 21.1. The molecule has 0 amide bonds. The number of pyridine rings is 7. The quantitative estimate of drug-likeness (QED) is 0.0548. The van der Waals surface area contributed by atoms with E-state index in [-0.39, 0.29) is 31.2 Å². The Kier molecular flexibility index (Phi) is 25.3. The number of likely N-dealkylation sites (N-methyl/N-ethyl adjacent to an activating group) is 1. The number of nitrogens with zero attached hydrogens (tertiary/aromatic N) is 13. The number of benzene rings is 7. The van der Waals surface area contributed by atoms with Crippen LogP contribution in [0.4, 0.5) is 0 Å². The second kappa shape index (κ2) is 39.3. The Bertz CT molecular complexity index is 7920. The van der Waals surface area contributed by atoms with E-state index in [2.05, 4.69) is 240 Å². The number of fused-ring (bicyclic) bond motifs is 14. The second-order valence-electron chi connectivity index (χ2n) is 36.1. The molecule has 0 fully saturated rings. The molecule has 7 aromatic carbocycles. The van der Waals surface area contributed by atoms with E-state index >= 15 is 0 Å². The molecule has 0 saturated heterocycles. The first-order chi connectivity index (χ1) is 67.9. The number of nitrogens with one attached hydrogen (secondary N) is 8. The number of allylic oxidation sites excluding steroid dienone is 1. The molecule has 14 aromatic heterocycles. The molecule has 28 rings (SSSR count). The lowest BCUT2D eigenvalue weighted by Gasteiger charge is -2.12. The SMILES string of the molecule is C.C=C1CCc2ccc(-c3ccnc4[nH]ccc34)cc21.CNCC1CCc2ccc(-c3ccnc4[nH]ncc34)cc21.COC1CCc2ccc(-c3ccnc4[nH]ncc34)cc21.COCC1CCc2ccc(-c3ccnc4[nH]ncc34)cc21.O=C1CCc2cc(-c3ccnc4[nH]ncc34)ccc21.O=C1CCc2ccc(-c3ccnc4[nH]ncc34)cc21.OC1CCc2cc(-c3ccnc4[nH]ncc34)ccc21. The summed E-state index contributed by atoms with van der Waals surface area (Å²) in [5.41, 5.74) is 41.1. The van der Waals surface area contributed by atoms with Gasteiger partial charge in [-0.2, -0.15) is 30.6 Å². The van der Waals surface area contributed by atoms with Gasteiger partial charge in [-0.05, 0) is 307 Å². The van der Waals surface area contributed by atoms with Gasteiger partial charge in [-0.25, -0.2) is 34.9 Å². The fraction of sp³-hybridized carbons (Fsp3) is 0.212. The van der Waals surface area contributed by atoms with Crippen molar-refractivity contribution in [1.82, 2.24) is 106 Å². The number of methoxy groups -OCH3 is 2. The monoisotopic (exact) mass is 1830 g/mol. The Morgan fingerprint density at radius 2 is 0.691 bits per heavy atom. The third-order valence-corrected chi connectivity index (χ3v) is 28.2. The van der Waals surface area contributed by atoms with E-state index < -0.39 is 0 Å². The van der Waals surface area contributed by atoms with Crippen LogP contribution in [-0.2, 0) is 54.4 Å². The molecule has 4 atom stereocenters.